The van der Waals surface area contributed by atoms with Crippen LogP contribution in [0.25, 0.3) is 11.3 Å². The van der Waals surface area contributed by atoms with Crippen molar-refractivity contribution in [3.63, 3.8) is 0 Å². The molecule has 2 aromatic heterocycles. The van der Waals surface area contributed by atoms with Gasteiger partial charge in [0.2, 0.25) is 5.95 Å². The van der Waals surface area contributed by atoms with Crippen molar-refractivity contribution >= 4 is 23.4 Å². The van der Waals surface area contributed by atoms with Crippen LogP contribution in [0.3, 0.4) is 0 Å². The van der Waals surface area contributed by atoms with Gasteiger partial charge in [-0.15, -0.1) is 0 Å². The van der Waals surface area contributed by atoms with Crippen LogP contribution in [0.2, 0.25) is 0 Å². The van der Waals surface area contributed by atoms with Crippen molar-refractivity contribution < 1.29 is 9.90 Å². The Balaban J connectivity index is 1.34. The van der Waals surface area contributed by atoms with Crippen molar-refractivity contribution in [2.45, 2.75) is 26.4 Å². The van der Waals surface area contributed by atoms with Crippen LogP contribution >= 0.6 is 0 Å². The molecule has 0 atom stereocenters. The molecule has 3 aromatic rings. The third-order valence-electron chi connectivity index (χ3n) is 6.50. The smallest absolute Gasteiger partial charge is 0.317 e. The first kappa shape index (κ1) is 27.4. The summed E-state index contributed by atoms with van der Waals surface area (Å²) in [5.74, 6) is 0.685. The normalized spacial score (nSPS) is 14.5. The van der Waals surface area contributed by atoms with E-state index >= 15 is 0 Å². The van der Waals surface area contributed by atoms with E-state index in [0.717, 1.165) is 68.6 Å². The van der Waals surface area contributed by atoms with E-state index < -0.39 is 5.97 Å². The summed E-state index contributed by atoms with van der Waals surface area (Å²) >= 11 is 0. The lowest BCUT2D eigenvalue weighted by atomic mass is 10.1. The van der Waals surface area contributed by atoms with Crippen LogP contribution in [-0.2, 0) is 11.3 Å². The fourth-order valence-electron chi connectivity index (χ4n) is 4.41. The predicted molar refractivity (Wildman–Crippen MR) is 151 cm³/mol. The Morgan fingerprint density at radius 1 is 1.08 bits per heavy atom. The first-order chi connectivity index (χ1) is 18.4. The summed E-state index contributed by atoms with van der Waals surface area (Å²) in [6.07, 6.45) is 3.60. The van der Waals surface area contributed by atoms with Crippen LogP contribution in [0.15, 0.2) is 54.9 Å². The quantitative estimate of drug-likeness (QED) is 0.331. The second-order valence-electron chi connectivity index (χ2n) is 9.97. The minimum atomic E-state index is -0.769. The van der Waals surface area contributed by atoms with Gasteiger partial charge in [-0.2, -0.15) is 0 Å². The van der Waals surface area contributed by atoms with Crippen LogP contribution in [0.5, 0.6) is 0 Å². The molecule has 38 heavy (non-hydrogen) atoms. The Kier molecular flexibility index (Phi) is 9.58. The maximum Gasteiger partial charge on any atom is 0.317 e. The van der Waals surface area contributed by atoms with Crippen LogP contribution in [0, 0.1) is 0 Å². The number of carboxylic acids is 1. The first-order valence-electron chi connectivity index (χ1n) is 13.1. The van der Waals surface area contributed by atoms with Gasteiger partial charge in [-0.25, -0.2) is 15.0 Å². The average molecular weight is 519 g/mol. The van der Waals surface area contributed by atoms with E-state index in [-0.39, 0.29) is 6.54 Å². The van der Waals surface area contributed by atoms with Gasteiger partial charge in [0.05, 0.1) is 12.2 Å². The maximum absolute atomic E-state index is 10.9. The minimum absolute atomic E-state index is 0.111. The lowest BCUT2D eigenvalue weighted by Crippen LogP contribution is -2.47. The van der Waals surface area contributed by atoms with Crippen molar-refractivity contribution in [1.82, 2.24) is 30.1 Å². The summed E-state index contributed by atoms with van der Waals surface area (Å²) in [6.45, 7) is 10.3. The van der Waals surface area contributed by atoms with E-state index in [1.807, 2.05) is 48.5 Å². The lowest BCUT2D eigenvalue weighted by Gasteiger charge is -2.33. The molecule has 0 unspecified atom stereocenters. The van der Waals surface area contributed by atoms with E-state index in [0.29, 0.717) is 12.0 Å². The number of likely N-dealkylation sites (N-methyl/N-ethyl adjacent to an activating group) is 1. The Morgan fingerprint density at radius 2 is 1.87 bits per heavy atom. The molecule has 1 aliphatic heterocycles. The molecule has 0 amide bonds. The van der Waals surface area contributed by atoms with Crippen molar-refractivity contribution in [3.05, 3.63) is 60.4 Å². The average Bonchev–Trinajstić information content (AvgIpc) is 2.90. The van der Waals surface area contributed by atoms with E-state index in [4.69, 9.17) is 10.1 Å². The molecule has 10 nitrogen and oxygen atoms in total. The number of nitrogens with zero attached hydrogens (tertiary/aromatic N) is 6. The first-order valence-corrected chi connectivity index (χ1v) is 13.1. The van der Waals surface area contributed by atoms with Gasteiger partial charge < -0.3 is 20.6 Å². The number of carboxylic acid groups (broad SMARTS) is 1. The molecule has 4 rings (SSSR count). The number of aliphatic carboxylic acids is 1. The molecule has 10 heteroatoms. The van der Waals surface area contributed by atoms with Gasteiger partial charge in [-0.3, -0.25) is 14.6 Å². The molecule has 0 radical (unpaired) electrons. The van der Waals surface area contributed by atoms with Gasteiger partial charge >= 0.3 is 5.97 Å². The monoisotopic (exact) mass is 518 g/mol. The molecular formula is C28H38N8O2. The zero-order chi connectivity index (χ0) is 26.9. The number of piperazine rings is 1. The maximum atomic E-state index is 10.9. The standard InChI is InChI=1S/C28H38N8O2/c1-21(2)29-11-12-34(3)26-8-7-23(18-31-26)25-9-10-30-28(33-25)32-24-6-4-5-22(17-24)19-35-13-15-36(16-14-35)20-27(37)38/h4-10,17-18,21,29H,11-16,19-20H2,1-3H3,(H,37,38)(H,30,32,33). The number of rotatable bonds is 12. The van der Waals surface area contributed by atoms with Gasteiger partial charge in [0.25, 0.3) is 0 Å². The second kappa shape index (κ2) is 13.3. The fourth-order valence-corrected chi connectivity index (χ4v) is 4.41. The molecule has 3 N–H and O–H groups in total. The molecule has 3 heterocycles. The van der Waals surface area contributed by atoms with Gasteiger partial charge in [0, 0.05) is 82.5 Å². The highest BCUT2D eigenvalue weighted by Gasteiger charge is 2.18. The molecular weight excluding hydrogens is 480 g/mol. The Labute approximate surface area is 224 Å². The third kappa shape index (κ3) is 8.20. The second-order valence-corrected chi connectivity index (χ2v) is 9.97. The highest BCUT2D eigenvalue weighted by atomic mass is 16.4. The number of nitrogens with one attached hydrogen (secondary N) is 2. The summed E-state index contributed by atoms with van der Waals surface area (Å²) < 4.78 is 0. The SMILES string of the molecule is CC(C)NCCN(C)c1ccc(-c2ccnc(Nc3cccc(CN4CCN(CC(=O)O)CC4)c3)n2)cn1. The molecule has 1 aliphatic rings. The Bertz CT molecular complexity index is 1180. The zero-order valence-electron chi connectivity index (χ0n) is 22.5. The molecule has 0 spiro atoms. The predicted octanol–water partition coefficient (Wildman–Crippen LogP) is 2.92. The van der Waals surface area contributed by atoms with Crippen molar-refractivity contribution in [2.24, 2.45) is 0 Å². The van der Waals surface area contributed by atoms with Crippen LogP contribution in [0.4, 0.5) is 17.5 Å². The van der Waals surface area contributed by atoms with Crippen LogP contribution in [-0.4, -0.2) is 94.7 Å². The molecule has 1 saturated heterocycles. The van der Waals surface area contributed by atoms with Gasteiger partial charge in [-0.1, -0.05) is 26.0 Å². The van der Waals surface area contributed by atoms with Gasteiger partial charge in [-0.05, 0) is 35.9 Å². The Hall–Kier alpha value is -3.60. The summed E-state index contributed by atoms with van der Waals surface area (Å²) in [7, 11) is 2.05. The van der Waals surface area contributed by atoms with Gasteiger partial charge in [0.15, 0.2) is 0 Å². The highest BCUT2D eigenvalue weighted by molar-refractivity contribution is 5.69. The van der Waals surface area contributed by atoms with Crippen LogP contribution < -0.4 is 15.5 Å². The van der Waals surface area contributed by atoms with E-state index in [9.17, 15) is 4.79 Å². The van der Waals surface area contributed by atoms with Gasteiger partial charge in [0.1, 0.15) is 5.82 Å². The van der Waals surface area contributed by atoms with Crippen molar-refractivity contribution in [3.8, 4) is 11.3 Å². The summed E-state index contributed by atoms with van der Waals surface area (Å²) in [4.78, 5) is 31.2. The van der Waals surface area contributed by atoms with E-state index in [1.165, 1.54) is 5.56 Å². The molecule has 1 aromatic carbocycles. The Morgan fingerprint density at radius 3 is 2.58 bits per heavy atom. The molecule has 1 fully saturated rings. The van der Waals surface area contributed by atoms with E-state index in [2.05, 4.69) is 56.4 Å². The molecule has 0 aliphatic carbocycles. The van der Waals surface area contributed by atoms with Crippen LogP contribution in [0.1, 0.15) is 19.4 Å². The summed E-state index contributed by atoms with van der Waals surface area (Å²) in [5.41, 5.74) is 3.85. The lowest BCUT2D eigenvalue weighted by molar-refractivity contribution is -0.138. The number of benzene rings is 1. The molecule has 0 bridgehead atoms. The number of pyridine rings is 1. The van der Waals surface area contributed by atoms with E-state index in [1.54, 1.807) is 6.20 Å². The van der Waals surface area contributed by atoms with Crippen molar-refractivity contribution in [2.75, 3.05) is 63.1 Å². The number of anilines is 3. The van der Waals surface area contributed by atoms with Crippen molar-refractivity contribution in [1.29, 1.82) is 0 Å². The minimum Gasteiger partial charge on any atom is -0.480 e. The fraction of sp³-hybridized carbons (Fsp3) is 0.429. The number of hydrogen-bond acceptors (Lipinski definition) is 9. The number of aromatic nitrogens is 3. The zero-order valence-corrected chi connectivity index (χ0v) is 22.5. The highest BCUT2D eigenvalue weighted by Crippen LogP contribution is 2.22. The topological polar surface area (TPSA) is 110 Å². The summed E-state index contributed by atoms with van der Waals surface area (Å²) in [5, 5.41) is 15.7. The number of hydrogen-bond donors (Lipinski definition) is 3. The third-order valence-corrected chi connectivity index (χ3v) is 6.50. The molecule has 202 valence electrons. The summed E-state index contributed by atoms with van der Waals surface area (Å²) in [6, 6.07) is 14.7. The largest absolute Gasteiger partial charge is 0.480 e. The molecule has 0 saturated carbocycles. The number of carbonyl (C=O) groups is 1.